The predicted molar refractivity (Wildman–Crippen MR) is 24.5 cm³/mol. The molecule has 0 bridgehead atoms. The second-order valence-corrected chi connectivity index (χ2v) is 1.05. The molecule has 0 aromatic carbocycles. The zero-order chi connectivity index (χ0) is 8.36. The molecule has 0 heterocycles. The minimum atomic E-state index is -2.66. The molecule has 4 heteroatoms. The minimum Gasteiger partial charge on any atom is -0.481 e. The van der Waals surface area contributed by atoms with Gasteiger partial charge in [-0.25, -0.2) is 0 Å². The van der Waals surface area contributed by atoms with Gasteiger partial charge in [0.15, 0.2) is 0 Å². The van der Waals surface area contributed by atoms with Gasteiger partial charge in [0.05, 0.1) is 12.8 Å². The van der Waals surface area contributed by atoms with Crippen LogP contribution in [0.2, 0.25) is 0 Å². The summed E-state index contributed by atoms with van der Waals surface area (Å²) >= 11 is 0. The van der Waals surface area contributed by atoms with Gasteiger partial charge in [0.2, 0.25) is 0 Å². The van der Waals surface area contributed by atoms with E-state index in [1.807, 2.05) is 0 Å². The number of hydrogen-bond donors (Lipinski definition) is 2. The van der Waals surface area contributed by atoms with Crippen LogP contribution in [0.1, 0.15) is 15.5 Å². The lowest BCUT2D eigenvalue weighted by molar-refractivity contribution is -0.143. The molecule has 46 valence electrons. The van der Waals surface area contributed by atoms with E-state index >= 15 is 0 Å². The molecule has 0 aliphatic carbocycles. The lowest BCUT2D eigenvalue weighted by atomic mass is 10.3. The summed E-state index contributed by atoms with van der Waals surface area (Å²) in [5.74, 6) is -3.22. The van der Waals surface area contributed by atoms with Gasteiger partial charge in [0, 0.05) is 2.74 Å². The first kappa shape index (κ1) is 3.88. The molecular formula is C4H6O4. The SMILES string of the molecule is [2H]C([2H])(CC(=O)O)C(=O)O. The molecule has 0 rings (SSSR count). The lowest BCUT2D eigenvalue weighted by Gasteiger charge is -1.85. The van der Waals surface area contributed by atoms with Crippen LogP contribution < -0.4 is 0 Å². The van der Waals surface area contributed by atoms with Gasteiger partial charge in [-0.2, -0.15) is 0 Å². The van der Waals surface area contributed by atoms with E-state index in [0.29, 0.717) is 0 Å². The first-order chi connectivity index (χ1) is 4.36. The number of hydrogen-bond acceptors (Lipinski definition) is 2. The van der Waals surface area contributed by atoms with Crippen LogP contribution in [0.5, 0.6) is 0 Å². The molecule has 0 saturated carbocycles. The van der Waals surface area contributed by atoms with E-state index < -0.39 is 24.7 Å². The van der Waals surface area contributed by atoms with Crippen LogP contribution in [0.3, 0.4) is 0 Å². The fraction of sp³-hybridized carbons (Fsp3) is 0.500. The summed E-state index contributed by atoms with van der Waals surface area (Å²) in [7, 11) is 0. The Bertz CT molecular complexity index is 165. The summed E-state index contributed by atoms with van der Waals surface area (Å²) in [6, 6.07) is 0. The van der Waals surface area contributed by atoms with E-state index in [9.17, 15) is 9.59 Å². The fourth-order valence-electron chi connectivity index (χ4n) is 0.151. The average molecular weight is 120 g/mol. The Morgan fingerprint density at radius 3 is 2.00 bits per heavy atom. The Balaban J connectivity index is 4.13. The molecule has 4 nitrogen and oxygen atoms in total. The monoisotopic (exact) mass is 120 g/mol. The average Bonchev–Trinajstić information content (AvgIpc) is 1.60. The van der Waals surface area contributed by atoms with Gasteiger partial charge in [-0.15, -0.1) is 0 Å². The van der Waals surface area contributed by atoms with Crippen molar-refractivity contribution in [3.63, 3.8) is 0 Å². The maximum Gasteiger partial charge on any atom is 0.303 e. The zero-order valence-electron chi connectivity index (χ0n) is 5.92. The van der Waals surface area contributed by atoms with Crippen LogP contribution in [0.25, 0.3) is 0 Å². The molecular weight excluding hydrogens is 112 g/mol. The van der Waals surface area contributed by atoms with Gasteiger partial charge in [0.1, 0.15) is 0 Å². The van der Waals surface area contributed by atoms with Crippen molar-refractivity contribution in [2.45, 2.75) is 12.8 Å². The third kappa shape index (κ3) is 4.94. The Morgan fingerprint density at radius 2 is 1.88 bits per heavy atom. The van der Waals surface area contributed by atoms with Crippen LogP contribution in [0, 0.1) is 0 Å². The van der Waals surface area contributed by atoms with Crippen LogP contribution in [-0.4, -0.2) is 22.2 Å². The van der Waals surface area contributed by atoms with E-state index in [2.05, 4.69) is 0 Å². The van der Waals surface area contributed by atoms with E-state index in [4.69, 9.17) is 13.0 Å². The van der Waals surface area contributed by atoms with Crippen molar-refractivity contribution in [1.82, 2.24) is 0 Å². The number of rotatable bonds is 3. The van der Waals surface area contributed by atoms with Crippen molar-refractivity contribution in [3.05, 3.63) is 0 Å². The highest BCUT2D eigenvalue weighted by atomic mass is 16.4. The minimum absolute atomic E-state index is 1.01. The topological polar surface area (TPSA) is 74.6 Å². The summed E-state index contributed by atoms with van der Waals surface area (Å²) in [5.41, 5.74) is 0. The Morgan fingerprint density at radius 1 is 1.38 bits per heavy atom. The Labute approximate surface area is 48.6 Å². The summed E-state index contributed by atoms with van der Waals surface area (Å²) in [5, 5.41) is 16.0. The number of aliphatic carboxylic acids is 2. The van der Waals surface area contributed by atoms with E-state index in [0.717, 1.165) is 0 Å². The molecule has 0 amide bonds. The van der Waals surface area contributed by atoms with Gasteiger partial charge in [-0.3, -0.25) is 9.59 Å². The molecule has 0 aromatic rings. The summed E-state index contributed by atoms with van der Waals surface area (Å²) in [6.45, 7) is 0. The number of carboxylic acids is 2. The maximum atomic E-state index is 9.92. The standard InChI is InChI=1S/C4H6O4/c5-3(6)1-2-4(7)8/h1-2H2,(H,5,6)(H,7,8)/i1D2. The van der Waals surface area contributed by atoms with Crippen LogP contribution in [0.4, 0.5) is 0 Å². The van der Waals surface area contributed by atoms with Crippen LogP contribution >= 0.6 is 0 Å². The molecule has 8 heavy (non-hydrogen) atoms. The molecule has 2 N–H and O–H groups in total. The summed E-state index contributed by atoms with van der Waals surface area (Å²) in [4.78, 5) is 19.7. The zero-order valence-corrected chi connectivity index (χ0v) is 3.92. The highest BCUT2D eigenvalue weighted by Crippen LogP contribution is 1.85. The van der Waals surface area contributed by atoms with Crippen molar-refractivity contribution < 1.29 is 22.5 Å². The molecule has 0 fully saturated rings. The van der Waals surface area contributed by atoms with Crippen molar-refractivity contribution in [2.75, 3.05) is 0 Å². The van der Waals surface area contributed by atoms with E-state index in [1.165, 1.54) is 0 Å². The second-order valence-electron chi connectivity index (χ2n) is 1.05. The van der Waals surface area contributed by atoms with Gasteiger partial charge in [0.25, 0.3) is 0 Å². The second kappa shape index (κ2) is 3.01. The molecule has 0 spiro atoms. The molecule has 0 aromatic heterocycles. The number of carbonyl (C=O) groups is 2. The van der Waals surface area contributed by atoms with Gasteiger partial charge < -0.3 is 10.2 Å². The van der Waals surface area contributed by atoms with Crippen LogP contribution in [-0.2, 0) is 9.59 Å². The molecule has 0 aliphatic heterocycles. The first-order valence-electron chi connectivity index (χ1n) is 2.81. The predicted octanol–water partition coefficient (Wildman–Crippen LogP) is -0.0642. The summed E-state index contributed by atoms with van der Waals surface area (Å²) < 4.78 is 13.2. The molecule has 0 radical (unpaired) electrons. The third-order valence-electron chi connectivity index (χ3n) is 0.391. The Kier molecular flexibility index (Phi) is 1.46. The van der Waals surface area contributed by atoms with Gasteiger partial charge >= 0.3 is 11.9 Å². The first-order valence-corrected chi connectivity index (χ1v) is 1.81. The molecule has 0 aliphatic rings. The largest absolute Gasteiger partial charge is 0.481 e. The highest BCUT2D eigenvalue weighted by molar-refractivity contribution is 5.75. The van der Waals surface area contributed by atoms with Crippen molar-refractivity contribution in [2.24, 2.45) is 0 Å². The van der Waals surface area contributed by atoms with Crippen LogP contribution in [0.15, 0.2) is 0 Å². The highest BCUT2D eigenvalue weighted by Gasteiger charge is 2.00. The van der Waals surface area contributed by atoms with Crippen molar-refractivity contribution >= 4 is 11.9 Å². The quantitative estimate of drug-likeness (QED) is 0.547. The molecule has 0 atom stereocenters. The van der Waals surface area contributed by atoms with E-state index in [1.54, 1.807) is 0 Å². The normalized spacial score (nSPS) is 14.0. The number of carboxylic acid groups (broad SMARTS) is 2. The lowest BCUT2D eigenvalue weighted by Crippen LogP contribution is -2.00. The van der Waals surface area contributed by atoms with Gasteiger partial charge in [-0.05, 0) is 0 Å². The molecule has 0 unspecified atom stereocenters. The summed E-state index contributed by atoms with van der Waals surface area (Å²) in [6.07, 6.45) is -3.67. The smallest absolute Gasteiger partial charge is 0.303 e. The maximum absolute atomic E-state index is 9.92. The van der Waals surface area contributed by atoms with Crippen molar-refractivity contribution in [3.8, 4) is 0 Å². The van der Waals surface area contributed by atoms with Gasteiger partial charge in [-0.1, -0.05) is 0 Å². The van der Waals surface area contributed by atoms with E-state index in [-0.39, 0.29) is 0 Å². The Hall–Kier alpha value is -1.06. The fourth-order valence-corrected chi connectivity index (χ4v) is 0.151. The third-order valence-corrected chi connectivity index (χ3v) is 0.391. The van der Waals surface area contributed by atoms with Crippen molar-refractivity contribution in [1.29, 1.82) is 0 Å². The molecule has 0 saturated heterocycles.